The molecule has 0 aliphatic heterocycles. The van der Waals surface area contributed by atoms with Gasteiger partial charge in [-0.3, -0.25) is 0 Å². The van der Waals surface area contributed by atoms with Crippen molar-refractivity contribution in [2.45, 2.75) is 26.5 Å². The van der Waals surface area contributed by atoms with Crippen molar-refractivity contribution in [1.82, 2.24) is 0 Å². The van der Waals surface area contributed by atoms with Crippen LogP contribution in [0.1, 0.15) is 18.9 Å². The van der Waals surface area contributed by atoms with E-state index in [1.165, 1.54) is 0 Å². The molecule has 1 atom stereocenters. The highest BCUT2D eigenvalue weighted by Crippen LogP contribution is 2.19. The van der Waals surface area contributed by atoms with Crippen molar-refractivity contribution in [3.8, 4) is 5.75 Å². The number of ether oxygens (including phenoxy) is 1. The first kappa shape index (κ1) is 10.4. The third kappa shape index (κ3) is 2.68. The summed E-state index contributed by atoms with van der Waals surface area (Å²) < 4.78 is 5.51. The number of aryl methyl sites for hydroxylation is 1. The first-order chi connectivity index (χ1) is 6.77. The van der Waals surface area contributed by atoms with Gasteiger partial charge in [-0.15, -0.1) is 0 Å². The maximum Gasteiger partial charge on any atom is 0.177 e. The molecule has 0 N–H and O–H groups in total. The number of hydrogen-bond donors (Lipinski definition) is 0. The topological polar surface area (TPSA) is 58.0 Å². The predicted molar refractivity (Wildman–Crippen MR) is 55.0 cm³/mol. The Kier molecular flexibility index (Phi) is 3.83. The minimum Gasteiger partial charge on any atom is -0.484 e. The molecule has 74 valence electrons. The monoisotopic (exact) mass is 191 g/mol. The maximum atomic E-state index is 8.29. The second kappa shape index (κ2) is 5.14. The lowest BCUT2D eigenvalue weighted by Gasteiger charge is -2.13. The highest BCUT2D eigenvalue weighted by Gasteiger charge is 2.06. The van der Waals surface area contributed by atoms with Gasteiger partial charge in [-0.2, -0.15) is 0 Å². The van der Waals surface area contributed by atoms with E-state index in [0.717, 1.165) is 11.3 Å². The van der Waals surface area contributed by atoms with Crippen molar-refractivity contribution >= 4 is 0 Å². The van der Waals surface area contributed by atoms with Gasteiger partial charge in [-0.1, -0.05) is 25.1 Å². The molecular formula is C10H13N3O. The van der Waals surface area contributed by atoms with E-state index in [-0.39, 0.29) is 0 Å². The van der Waals surface area contributed by atoms with E-state index in [4.69, 9.17) is 10.3 Å². The first-order valence-corrected chi connectivity index (χ1v) is 4.54. The molecule has 0 radical (unpaired) electrons. The van der Waals surface area contributed by atoms with E-state index >= 15 is 0 Å². The van der Waals surface area contributed by atoms with E-state index < -0.39 is 6.23 Å². The molecule has 0 bridgehead atoms. The molecule has 0 saturated carbocycles. The summed E-state index contributed by atoms with van der Waals surface area (Å²) >= 11 is 0. The molecule has 0 amide bonds. The van der Waals surface area contributed by atoms with E-state index in [1.807, 2.05) is 38.1 Å². The van der Waals surface area contributed by atoms with Gasteiger partial charge in [0.15, 0.2) is 6.23 Å². The Morgan fingerprint density at radius 3 is 2.79 bits per heavy atom. The Hall–Kier alpha value is -1.67. The fourth-order valence-corrected chi connectivity index (χ4v) is 1.08. The van der Waals surface area contributed by atoms with Crippen LogP contribution in [0.2, 0.25) is 0 Å². The van der Waals surface area contributed by atoms with Gasteiger partial charge in [0.25, 0.3) is 0 Å². The van der Waals surface area contributed by atoms with Gasteiger partial charge in [0.2, 0.25) is 0 Å². The molecule has 0 aromatic heterocycles. The zero-order valence-electron chi connectivity index (χ0n) is 8.34. The molecule has 0 fully saturated rings. The maximum absolute atomic E-state index is 8.29. The van der Waals surface area contributed by atoms with Crippen molar-refractivity contribution in [3.63, 3.8) is 0 Å². The van der Waals surface area contributed by atoms with E-state index in [0.29, 0.717) is 6.42 Å². The number of hydrogen-bond acceptors (Lipinski definition) is 2. The highest BCUT2D eigenvalue weighted by molar-refractivity contribution is 5.31. The average molecular weight is 191 g/mol. The summed E-state index contributed by atoms with van der Waals surface area (Å²) in [7, 11) is 0. The molecule has 0 aliphatic carbocycles. The molecule has 14 heavy (non-hydrogen) atoms. The second-order valence-electron chi connectivity index (χ2n) is 2.95. The Labute approximate surface area is 83.1 Å². The van der Waals surface area contributed by atoms with Crippen molar-refractivity contribution in [3.05, 3.63) is 40.3 Å². The summed E-state index contributed by atoms with van der Waals surface area (Å²) in [5.41, 5.74) is 9.33. The molecule has 0 saturated heterocycles. The number of benzene rings is 1. The Bertz CT molecular complexity index is 345. The van der Waals surface area contributed by atoms with Crippen LogP contribution in [0.5, 0.6) is 5.75 Å². The third-order valence-corrected chi connectivity index (χ3v) is 1.89. The molecule has 4 nitrogen and oxygen atoms in total. The average Bonchev–Trinajstić information content (AvgIpc) is 2.20. The standard InChI is InChI=1S/C10H13N3O/c1-3-10(12-13-11)14-9-7-5-4-6-8(9)2/h4-7,10H,3H2,1-2H3. The van der Waals surface area contributed by atoms with Crippen LogP contribution in [0.15, 0.2) is 29.4 Å². The minimum absolute atomic E-state index is 0.416. The van der Waals surface area contributed by atoms with Crippen LogP contribution in [0, 0.1) is 6.92 Å². The molecule has 4 heteroatoms. The minimum atomic E-state index is -0.416. The summed E-state index contributed by atoms with van der Waals surface area (Å²) in [5.74, 6) is 0.770. The molecule has 1 unspecified atom stereocenters. The molecule has 1 aromatic rings. The lowest BCUT2D eigenvalue weighted by Crippen LogP contribution is -2.11. The van der Waals surface area contributed by atoms with Crippen LogP contribution in [0.25, 0.3) is 10.4 Å². The summed E-state index contributed by atoms with van der Waals surface area (Å²) in [5, 5.41) is 3.54. The molecular weight excluding hydrogens is 178 g/mol. The number of azide groups is 1. The summed E-state index contributed by atoms with van der Waals surface area (Å²) in [4.78, 5) is 2.73. The van der Waals surface area contributed by atoms with Crippen LogP contribution in [0.3, 0.4) is 0 Å². The fourth-order valence-electron chi connectivity index (χ4n) is 1.08. The molecule has 0 spiro atoms. The SMILES string of the molecule is CCC(N=[N+]=[N-])Oc1ccccc1C. The summed E-state index contributed by atoms with van der Waals surface area (Å²) in [6.45, 7) is 3.87. The molecule has 0 aliphatic rings. The Morgan fingerprint density at radius 1 is 1.50 bits per heavy atom. The zero-order chi connectivity index (χ0) is 10.4. The van der Waals surface area contributed by atoms with E-state index in [9.17, 15) is 0 Å². The Balaban J connectivity index is 2.76. The fraction of sp³-hybridized carbons (Fsp3) is 0.400. The molecule has 1 rings (SSSR count). The van der Waals surface area contributed by atoms with Gasteiger partial charge in [-0.25, -0.2) is 0 Å². The number of nitrogens with zero attached hydrogens (tertiary/aromatic N) is 3. The first-order valence-electron chi connectivity index (χ1n) is 4.54. The third-order valence-electron chi connectivity index (χ3n) is 1.89. The molecule has 1 aromatic carbocycles. The predicted octanol–water partition coefficient (Wildman–Crippen LogP) is 3.42. The van der Waals surface area contributed by atoms with Crippen LogP contribution in [0.4, 0.5) is 0 Å². The van der Waals surface area contributed by atoms with E-state index in [1.54, 1.807) is 0 Å². The van der Waals surface area contributed by atoms with Gasteiger partial charge in [0.1, 0.15) is 5.75 Å². The largest absolute Gasteiger partial charge is 0.484 e. The number of rotatable bonds is 4. The van der Waals surface area contributed by atoms with Crippen LogP contribution < -0.4 is 4.74 Å². The lowest BCUT2D eigenvalue weighted by molar-refractivity contribution is 0.203. The quantitative estimate of drug-likeness (QED) is 0.408. The Morgan fingerprint density at radius 2 is 2.21 bits per heavy atom. The van der Waals surface area contributed by atoms with Gasteiger partial charge >= 0.3 is 0 Å². The summed E-state index contributed by atoms with van der Waals surface area (Å²) in [6, 6.07) is 7.66. The number of para-hydroxylation sites is 1. The molecule has 0 heterocycles. The smallest absolute Gasteiger partial charge is 0.177 e. The van der Waals surface area contributed by atoms with E-state index in [2.05, 4.69) is 10.0 Å². The van der Waals surface area contributed by atoms with Gasteiger partial charge in [0.05, 0.1) is 0 Å². The van der Waals surface area contributed by atoms with Gasteiger partial charge in [0, 0.05) is 4.91 Å². The summed E-state index contributed by atoms with van der Waals surface area (Å²) in [6.07, 6.45) is 0.249. The van der Waals surface area contributed by atoms with Crippen LogP contribution in [-0.4, -0.2) is 6.23 Å². The highest BCUT2D eigenvalue weighted by atomic mass is 16.5. The lowest BCUT2D eigenvalue weighted by atomic mass is 10.2. The van der Waals surface area contributed by atoms with Crippen LogP contribution >= 0.6 is 0 Å². The second-order valence-corrected chi connectivity index (χ2v) is 2.95. The zero-order valence-corrected chi connectivity index (χ0v) is 8.34. The van der Waals surface area contributed by atoms with Crippen molar-refractivity contribution in [2.24, 2.45) is 5.11 Å². The normalized spacial score (nSPS) is 11.6. The van der Waals surface area contributed by atoms with Crippen LogP contribution in [-0.2, 0) is 0 Å². The van der Waals surface area contributed by atoms with Crippen molar-refractivity contribution < 1.29 is 4.74 Å². The van der Waals surface area contributed by atoms with Crippen molar-refractivity contribution in [1.29, 1.82) is 0 Å². The van der Waals surface area contributed by atoms with Gasteiger partial charge < -0.3 is 4.74 Å². The van der Waals surface area contributed by atoms with Gasteiger partial charge in [-0.05, 0) is 35.6 Å². The van der Waals surface area contributed by atoms with Crippen molar-refractivity contribution in [2.75, 3.05) is 0 Å².